The number of hydrogen-bond acceptors (Lipinski definition) is 2. The Kier molecular flexibility index (Phi) is 3.28. The molecule has 0 aliphatic heterocycles. The van der Waals surface area contributed by atoms with Crippen molar-refractivity contribution in [2.75, 3.05) is 0 Å². The van der Waals surface area contributed by atoms with Crippen LogP contribution in [0.1, 0.15) is 20.8 Å². The Balaban J connectivity index is 3.67. The van der Waals surface area contributed by atoms with Crippen LogP contribution in [0.3, 0.4) is 0 Å². The molecule has 0 bridgehead atoms. The van der Waals surface area contributed by atoms with Gasteiger partial charge in [0.05, 0.1) is 0 Å². The van der Waals surface area contributed by atoms with Crippen LogP contribution in [-0.2, 0) is 0 Å². The third-order valence-corrected chi connectivity index (χ3v) is 0.718. The van der Waals surface area contributed by atoms with Crippen LogP contribution < -0.4 is 11.2 Å². The van der Waals surface area contributed by atoms with E-state index in [0.717, 1.165) is 0 Å². The number of nitrogens with two attached hydrogens (primary N) is 1. The van der Waals surface area contributed by atoms with Crippen molar-refractivity contribution in [2.45, 2.75) is 20.8 Å². The average Bonchev–Trinajstić information content (AvgIpc) is 1.59. The summed E-state index contributed by atoms with van der Waals surface area (Å²) in [5, 5.41) is 4.00. The highest BCUT2D eigenvalue weighted by molar-refractivity contribution is 7.80. The Labute approximate surface area is 66.7 Å². The number of nitrogens with zero attached hydrogens (tertiary/aromatic N) is 1. The maximum atomic E-state index is 5.13. The molecule has 10 heavy (non-hydrogen) atoms. The predicted molar refractivity (Wildman–Crippen MR) is 47.9 cm³/mol. The van der Waals surface area contributed by atoms with Gasteiger partial charge >= 0.3 is 0 Å². The molecule has 4 heteroatoms. The predicted octanol–water partition coefficient (Wildman–Crippen LogP) is 0.852. The molecule has 0 unspecified atom stereocenters. The Hall–Kier alpha value is -0.640. The van der Waals surface area contributed by atoms with Crippen molar-refractivity contribution in [1.29, 1.82) is 0 Å². The first-order valence-electron chi connectivity index (χ1n) is 3.01. The molecule has 3 N–H and O–H groups in total. The van der Waals surface area contributed by atoms with Crippen molar-refractivity contribution < 1.29 is 0 Å². The van der Waals surface area contributed by atoms with Crippen LogP contribution in [0.5, 0.6) is 0 Å². The van der Waals surface area contributed by atoms with Gasteiger partial charge in [-0.2, -0.15) is 5.10 Å². The highest BCUT2D eigenvalue weighted by atomic mass is 32.1. The molecule has 0 heterocycles. The van der Waals surface area contributed by atoms with Crippen LogP contribution >= 0.6 is 12.2 Å². The first-order chi connectivity index (χ1) is 4.42. The van der Waals surface area contributed by atoms with E-state index in [4.69, 9.17) is 5.73 Å². The Morgan fingerprint density at radius 2 is 2.10 bits per heavy atom. The highest BCUT2D eigenvalue weighted by Gasteiger charge is 2.04. The van der Waals surface area contributed by atoms with Gasteiger partial charge in [0.2, 0.25) is 0 Å². The van der Waals surface area contributed by atoms with E-state index < -0.39 is 0 Å². The molecular weight excluding hydrogens is 146 g/mol. The lowest BCUT2D eigenvalue weighted by Crippen LogP contribution is -2.25. The molecule has 0 aromatic rings. The first-order valence-corrected chi connectivity index (χ1v) is 3.42. The van der Waals surface area contributed by atoms with Gasteiger partial charge < -0.3 is 5.73 Å². The van der Waals surface area contributed by atoms with Crippen molar-refractivity contribution in [3.05, 3.63) is 0 Å². The molecule has 0 rings (SSSR count). The van der Waals surface area contributed by atoms with E-state index in [1.807, 2.05) is 20.8 Å². The fraction of sp³-hybridized carbons (Fsp3) is 0.667. The van der Waals surface area contributed by atoms with Gasteiger partial charge in [0.25, 0.3) is 0 Å². The minimum absolute atomic E-state index is 0.0672. The molecule has 0 radical (unpaired) electrons. The summed E-state index contributed by atoms with van der Waals surface area (Å²) in [5.74, 6) is 0. The van der Waals surface area contributed by atoms with Crippen LogP contribution in [0.15, 0.2) is 5.10 Å². The molecule has 0 aromatic carbocycles. The first kappa shape index (κ1) is 9.36. The minimum atomic E-state index is 0.0672. The summed E-state index contributed by atoms with van der Waals surface area (Å²) < 4.78 is 0. The van der Waals surface area contributed by atoms with Crippen molar-refractivity contribution in [2.24, 2.45) is 16.3 Å². The molecule has 0 aliphatic rings. The van der Waals surface area contributed by atoms with E-state index in [-0.39, 0.29) is 10.5 Å². The standard InChI is InChI=1S/C6H13N3S/c1-6(2,3)4-8-9-5(7)10/h4H,1-3H3,(H3,7,9,10)/b8-4+. The molecule has 0 spiro atoms. The van der Waals surface area contributed by atoms with Gasteiger partial charge in [-0.25, -0.2) is 0 Å². The Morgan fingerprint density at radius 1 is 1.60 bits per heavy atom. The highest BCUT2D eigenvalue weighted by Crippen LogP contribution is 2.07. The average molecular weight is 159 g/mol. The Bertz CT molecular complexity index is 146. The fourth-order valence-corrected chi connectivity index (χ4v) is 0.342. The lowest BCUT2D eigenvalue weighted by Gasteiger charge is -2.09. The van der Waals surface area contributed by atoms with E-state index in [0.29, 0.717) is 0 Å². The largest absolute Gasteiger partial charge is 0.375 e. The summed E-state index contributed by atoms with van der Waals surface area (Å²) in [6.45, 7) is 6.12. The fourth-order valence-electron chi connectivity index (χ4n) is 0.290. The molecular formula is C6H13N3S. The van der Waals surface area contributed by atoms with Crippen molar-refractivity contribution in [1.82, 2.24) is 5.43 Å². The zero-order valence-electron chi connectivity index (χ0n) is 6.51. The van der Waals surface area contributed by atoms with E-state index >= 15 is 0 Å². The van der Waals surface area contributed by atoms with Crippen LogP contribution in [-0.4, -0.2) is 11.3 Å². The zero-order chi connectivity index (χ0) is 8.20. The minimum Gasteiger partial charge on any atom is -0.375 e. The molecule has 0 aromatic heterocycles. The van der Waals surface area contributed by atoms with E-state index in [2.05, 4.69) is 22.7 Å². The number of thiocarbonyl (C=S) groups is 1. The molecule has 3 nitrogen and oxygen atoms in total. The van der Waals surface area contributed by atoms with Gasteiger partial charge in [0, 0.05) is 6.21 Å². The summed E-state index contributed by atoms with van der Waals surface area (Å²) in [6, 6.07) is 0. The lowest BCUT2D eigenvalue weighted by atomic mass is 9.99. The maximum absolute atomic E-state index is 5.13. The molecule has 0 atom stereocenters. The second-order valence-corrected chi connectivity index (χ2v) is 3.54. The molecule has 0 saturated heterocycles. The lowest BCUT2D eigenvalue weighted by molar-refractivity contribution is 0.603. The maximum Gasteiger partial charge on any atom is 0.184 e. The second-order valence-electron chi connectivity index (χ2n) is 3.10. The summed E-state index contributed by atoms with van der Waals surface area (Å²) in [6.07, 6.45) is 1.76. The van der Waals surface area contributed by atoms with Gasteiger partial charge in [0.15, 0.2) is 5.11 Å². The van der Waals surface area contributed by atoms with Crippen molar-refractivity contribution >= 4 is 23.5 Å². The number of nitrogens with one attached hydrogen (secondary N) is 1. The molecule has 0 amide bonds. The zero-order valence-corrected chi connectivity index (χ0v) is 7.33. The second kappa shape index (κ2) is 3.51. The van der Waals surface area contributed by atoms with Gasteiger partial charge in [-0.1, -0.05) is 20.8 Å². The summed E-state index contributed by atoms with van der Waals surface area (Å²) in [7, 11) is 0. The van der Waals surface area contributed by atoms with Gasteiger partial charge in [0.1, 0.15) is 0 Å². The van der Waals surface area contributed by atoms with E-state index in [1.165, 1.54) is 0 Å². The number of rotatable bonds is 1. The van der Waals surface area contributed by atoms with Crippen LogP contribution in [0.4, 0.5) is 0 Å². The molecule has 0 fully saturated rings. The third-order valence-electron chi connectivity index (χ3n) is 0.627. The molecule has 0 saturated carbocycles. The van der Waals surface area contributed by atoms with Crippen molar-refractivity contribution in [3.63, 3.8) is 0 Å². The van der Waals surface area contributed by atoms with Gasteiger partial charge in [-0.15, -0.1) is 0 Å². The number of hydrazone groups is 1. The number of hydrogen-bond donors (Lipinski definition) is 2. The van der Waals surface area contributed by atoms with E-state index in [9.17, 15) is 0 Å². The van der Waals surface area contributed by atoms with Crippen LogP contribution in [0, 0.1) is 5.41 Å². The normalized spacial score (nSPS) is 11.9. The van der Waals surface area contributed by atoms with E-state index in [1.54, 1.807) is 6.21 Å². The molecule has 58 valence electrons. The monoisotopic (exact) mass is 159 g/mol. The molecule has 0 aliphatic carbocycles. The van der Waals surface area contributed by atoms with Gasteiger partial charge in [-0.05, 0) is 17.6 Å². The van der Waals surface area contributed by atoms with Gasteiger partial charge in [-0.3, -0.25) is 5.43 Å². The SMILES string of the molecule is CC(C)(C)/C=N/NC(N)=S. The summed E-state index contributed by atoms with van der Waals surface area (Å²) >= 11 is 4.54. The smallest absolute Gasteiger partial charge is 0.184 e. The summed E-state index contributed by atoms with van der Waals surface area (Å²) in [4.78, 5) is 0. The Morgan fingerprint density at radius 3 is 2.40 bits per heavy atom. The van der Waals surface area contributed by atoms with Crippen LogP contribution in [0.2, 0.25) is 0 Å². The quantitative estimate of drug-likeness (QED) is 0.339. The summed E-state index contributed by atoms with van der Waals surface area (Å²) in [5.41, 5.74) is 7.68. The third kappa shape index (κ3) is 7.36. The topological polar surface area (TPSA) is 50.4 Å². The van der Waals surface area contributed by atoms with Crippen molar-refractivity contribution in [3.8, 4) is 0 Å². The van der Waals surface area contributed by atoms with Crippen LogP contribution in [0.25, 0.3) is 0 Å².